The van der Waals surface area contributed by atoms with Crippen LogP contribution in [0.2, 0.25) is 10.0 Å². The number of nitrogens with one attached hydrogen (secondary N) is 2. The summed E-state index contributed by atoms with van der Waals surface area (Å²) in [6, 6.07) is 17.0. The first-order valence-electron chi connectivity index (χ1n) is 15.1. The number of anilines is 2. The van der Waals surface area contributed by atoms with E-state index in [9.17, 15) is 31.2 Å². The van der Waals surface area contributed by atoms with Gasteiger partial charge in [0.2, 0.25) is 0 Å². The minimum Gasteiger partial charge on any atom is -0.475 e. The van der Waals surface area contributed by atoms with Gasteiger partial charge in [-0.1, -0.05) is 47.8 Å². The number of benzene rings is 3. The molecule has 0 fully saturated rings. The lowest BCUT2D eigenvalue weighted by Crippen LogP contribution is -2.53. The number of fused-ring (bicyclic) bond motifs is 1. The SMILES string of the molecule is CCN(CC)C(=O)Nc1ccc(S(=O)(=O)N2C(=O)C(NCCCCCN)(c3ccccc3Cl)c3cc(Cl)ccc32)cc1.O=C(O)C(F)(F)F. The Bertz CT molecular complexity index is 1760. The number of halogens is 5. The lowest BCUT2D eigenvalue weighted by Gasteiger charge is -2.31. The molecule has 11 nitrogen and oxygen atoms in total. The fourth-order valence-corrected chi connectivity index (χ4v) is 7.06. The molecule has 3 aromatic carbocycles. The monoisotopic (exact) mass is 745 g/mol. The van der Waals surface area contributed by atoms with Gasteiger partial charge < -0.3 is 21.1 Å². The van der Waals surface area contributed by atoms with Crippen molar-refractivity contribution in [2.45, 2.75) is 49.7 Å². The Labute approximate surface area is 292 Å². The third-order valence-corrected chi connectivity index (χ3v) is 9.85. The first-order valence-corrected chi connectivity index (χ1v) is 17.3. The molecular weight excluding hydrogens is 710 g/mol. The predicted molar refractivity (Wildman–Crippen MR) is 181 cm³/mol. The first-order chi connectivity index (χ1) is 23.1. The smallest absolute Gasteiger partial charge is 0.475 e. The van der Waals surface area contributed by atoms with Crippen LogP contribution in [0.4, 0.5) is 29.3 Å². The number of alkyl halides is 3. The van der Waals surface area contributed by atoms with Gasteiger partial charge in [-0.05, 0) is 88.3 Å². The summed E-state index contributed by atoms with van der Waals surface area (Å²) in [5, 5.41) is 13.9. The highest BCUT2D eigenvalue weighted by Gasteiger charge is 2.56. The molecule has 0 saturated heterocycles. The highest BCUT2D eigenvalue weighted by Crippen LogP contribution is 2.49. The maximum absolute atomic E-state index is 14.5. The maximum atomic E-state index is 14.5. The second-order valence-electron chi connectivity index (χ2n) is 10.7. The number of carbonyl (C=O) groups is 3. The quantitative estimate of drug-likeness (QED) is 0.159. The van der Waals surface area contributed by atoms with Crippen molar-refractivity contribution in [2.75, 3.05) is 35.8 Å². The first kappa shape index (κ1) is 39.5. The molecule has 0 bridgehead atoms. The standard InChI is InChI=1S/C30H35Cl2N5O4S.C2HF3O2/c1-3-36(4-2)29(39)35-22-13-15-23(16-14-22)42(40,41)37-27-17-12-21(31)20-25(27)30(28(37)38,34-19-9-5-8-18-33)24-10-6-7-11-26(24)32;3-2(4,5)1(6)7/h6-7,10-17,20,34H,3-5,8-9,18-19,33H2,1-2H3,(H,35,39);(H,6,7). The molecule has 1 aliphatic heterocycles. The number of nitrogens with zero attached hydrogens (tertiary/aromatic N) is 2. The Morgan fingerprint density at radius 1 is 0.959 bits per heavy atom. The Morgan fingerprint density at radius 2 is 1.57 bits per heavy atom. The predicted octanol–water partition coefficient (Wildman–Crippen LogP) is 6.20. The van der Waals surface area contributed by atoms with Gasteiger partial charge >= 0.3 is 18.2 Å². The van der Waals surface area contributed by atoms with Gasteiger partial charge in [-0.3, -0.25) is 10.1 Å². The van der Waals surface area contributed by atoms with E-state index in [1.165, 1.54) is 30.3 Å². The molecule has 0 aromatic heterocycles. The van der Waals surface area contributed by atoms with Crippen molar-refractivity contribution < 1.29 is 41.1 Å². The summed E-state index contributed by atoms with van der Waals surface area (Å²) in [7, 11) is -4.40. The molecule has 1 atom stereocenters. The summed E-state index contributed by atoms with van der Waals surface area (Å²) in [4.78, 5) is 37.4. The molecule has 266 valence electrons. The maximum Gasteiger partial charge on any atom is 0.490 e. The average molecular weight is 747 g/mol. The topological polar surface area (TPSA) is 162 Å². The molecule has 17 heteroatoms. The number of carboxylic acid groups (broad SMARTS) is 1. The van der Waals surface area contributed by atoms with Crippen LogP contribution in [0, 0.1) is 0 Å². The van der Waals surface area contributed by atoms with Crippen molar-refractivity contribution in [3.8, 4) is 0 Å². The van der Waals surface area contributed by atoms with Crippen molar-refractivity contribution in [3.05, 3.63) is 87.9 Å². The van der Waals surface area contributed by atoms with Crippen LogP contribution in [0.1, 0.15) is 44.2 Å². The highest BCUT2D eigenvalue weighted by atomic mass is 35.5. The van der Waals surface area contributed by atoms with Crippen LogP contribution in [-0.2, 0) is 25.2 Å². The summed E-state index contributed by atoms with van der Waals surface area (Å²) in [5.74, 6) is -3.47. The van der Waals surface area contributed by atoms with Gasteiger partial charge in [-0.2, -0.15) is 13.2 Å². The van der Waals surface area contributed by atoms with Crippen molar-refractivity contribution in [2.24, 2.45) is 5.73 Å². The largest absolute Gasteiger partial charge is 0.490 e. The van der Waals surface area contributed by atoms with E-state index in [0.717, 1.165) is 17.1 Å². The number of hydrogen-bond donors (Lipinski definition) is 4. The van der Waals surface area contributed by atoms with Crippen molar-refractivity contribution in [1.29, 1.82) is 0 Å². The van der Waals surface area contributed by atoms with Gasteiger partial charge in [0.1, 0.15) is 0 Å². The van der Waals surface area contributed by atoms with Crippen LogP contribution in [-0.4, -0.2) is 68.7 Å². The Kier molecular flexibility index (Phi) is 13.5. The van der Waals surface area contributed by atoms with E-state index in [1.807, 2.05) is 13.8 Å². The molecule has 0 spiro atoms. The number of hydrogen-bond acceptors (Lipinski definition) is 7. The number of rotatable bonds is 12. The zero-order valence-corrected chi connectivity index (χ0v) is 28.9. The molecule has 1 aliphatic rings. The minimum atomic E-state index is -5.08. The Hall–Kier alpha value is -3.89. The second kappa shape index (κ2) is 16.7. The number of sulfonamides is 1. The summed E-state index contributed by atoms with van der Waals surface area (Å²) in [5.41, 5.74) is 5.46. The molecule has 0 saturated carbocycles. The van der Waals surface area contributed by atoms with Crippen molar-refractivity contribution in [1.82, 2.24) is 10.2 Å². The van der Waals surface area contributed by atoms with Gasteiger partial charge in [0.05, 0.1) is 10.6 Å². The summed E-state index contributed by atoms with van der Waals surface area (Å²) >= 11 is 13.1. The zero-order chi connectivity index (χ0) is 36.6. The van der Waals surface area contributed by atoms with Crippen LogP contribution in [0.25, 0.3) is 0 Å². The summed E-state index contributed by atoms with van der Waals surface area (Å²) < 4.78 is 60.8. The molecule has 1 unspecified atom stereocenters. The van der Waals surface area contributed by atoms with Crippen LogP contribution < -0.4 is 20.7 Å². The fraction of sp³-hybridized carbons (Fsp3) is 0.344. The number of urea groups is 1. The molecule has 3 aromatic rings. The minimum absolute atomic E-state index is 0.115. The van der Waals surface area contributed by atoms with Crippen molar-refractivity contribution in [3.63, 3.8) is 0 Å². The van der Waals surface area contributed by atoms with Crippen LogP contribution >= 0.6 is 23.2 Å². The van der Waals surface area contributed by atoms with E-state index in [0.29, 0.717) is 59.5 Å². The zero-order valence-electron chi connectivity index (χ0n) is 26.6. The van der Waals surface area contributed by atoms with Gasteiger partial charge in [0, 0.05) is 39.9 Å². The lowest BCUT2D eigenvalue weighted by atomic mass is 9.83. The second-order valence-corrected chi connectivity index (χ2v) is 13.3. The van der Waals surface area contributed by atoms with Gasteiger partial charge in [0.15, 0.2) is 5.54 Å². The van der Waals surface area contributed by atoms with Crippen LogP contribution in [0.3, 0.4) is 0 Å². The normalized spacial score (nSPS) is 15.7. The van der Waals surface area contributed by atoms with Gasteiger partial charge in [-0.25, -0.2) is 22.3 Å². The van der Waals surface area contributed by atoms with E-state index in [4.69, 9.17) is 38.8 Å². The number of carbonyl (C=O) groups excluding carboxylic acids is 2. The van der Waals surface area contributed by atoms with Crippen LogP contribution in [0.15, 0.2) is 71.6 Å². The molecule has 0 radical (unpaired) electrons. The highest BCUT2D eigenvalue weighted by molar-refractivity contribution is 7.93. The third-order valence-electron chi connectivity index (χ3n) is 7.57. The molecule has 0 aliphatic carbocycles. The lowest BCUT2D eigenvalue weighted by molar-refractivity contribution is -0.192. The number of aliphatic carboxylic acids is 1. The Balaban J connectivity index is 0.000000838. The number of nitrogens with two attached hydrogens (primary N) is 1. The molecule has 49 heavy (non-hydrogen) atoms. The van der Waals surface area contributed by atoms with Crippen LogP contribution in [0.5, 0.6) is 0 Å². The summed E-state index contributed by atoms with van der Waals surface area (Å²) in [6.07, 6.45) is -2.72. The fourth-order valence-electron chi connectivity index (χ4n) is 5.14. The van der Waals surface area contributed by atoms with E-state index in [1.54, 1.807) is 41.3 Å². The summed E-state index contributed by atoms with van der Waals surface area (Å²) in [6.45, 7) is 5.75. The van der Waals surface area contributed by atoms with E-state index >= 15 is 0 Å². The molecular formula is C32H36Cl2F3N5O6S. The molecule has 3 amide bonds. The van der Waals surface area contributed by atoms with E-state index in [-0.39, 0.29) is 16.6 Å². The number of amides is 3. The third kappa shape index (κ3) is 8.83. The number of carboxylic acids is 1. The molecule has 5 N–H and O–H groups in total. The van der Waals surface area contributed by atoms with E-state index in [2.05, 4.69) is 10.6 Å². The average Bonchev–Trinajstić information content (AvgIpc) is 3.29. The number of unbranched alkanes of at least 4 members (excludes halogenated alkanes) is 2. The van der Waals surface area contributed by atoms with Crippen molar-refractivity contribution >= 4 is 62.5 Å². The van der Waals surface area contributed by atoms with Gasteiger partial charge in [-0.15, -0.1) is 0 Å². The molecule has 1 heterocycles. The van der Waals surface area contributed by atoms with Gasteiger partial charge in [0.25, 0.3) is 15.9 Å². The Morgan fingerprint density at radius 3 is 2.12 bits per heavy atom. The van der Waals surface area contributed by atoms with E-state index < -0.39 is 33.6 Å². The molecule has 4 rings (SSSR count).